The predicted octanol–water partition coefficient (Wildman–Crippen LogP) is 1.07. The molecule has 3 N–H and O–H groups in total. The number of thioether (sulfide) groups is 1. The molecular weight excluding hydrogens is 248 g/mol. The molecule has 0 saturated carbocycles. The van der Waals surface area contributed by atoms with E-state index >= 15 is 0 Å². The Morgan fingerprint density at radius 2 is 2.39 bits per heavy atom. The first-order valence-electron chi connectivity index (χ1n) is 6.36. The number of amides is 1. The van der Waals surface area contributed by atoms with E-state index in [4.69, 9.17) is 0 Å². The van der Waals surface area contributed by atoms with E-state index in [2.05, 4.69) is 20.8 Å². The lowest BCUT2D eigenvalue weighted by molar-refractivity contribution is -0.119. The van der Waals surface area contributed by atoms with Gasteiger partial charge in [0.05, 0.1) is 18.0 Å². The molecule has 0 spiro atoms. The zero-order valence-corrected chi connectivity index (χ0v) is 11.4. The summed E-state index contributed by atoms with van der Waals surface area (Å²) in [5, 5.41) is 13.6. The van der Waals surface area contributed by atoms with Crippen molar-refractivity contribution in [3.8, 4) is 0 Å². The van der Waals surface area contributed by atoms with Gasteiger partial charge >= 0.3 is 0 Å². The molecule has 1 aliphatic heterocycles. The molecular formula is C12H20N4OS. The summed E-state index contributed by atoms with van der Waals surface area (Å²) in [6, 6.07) is 0.0184. The van der Waals surface area contributed by atoms with E-state index in [-0.39, 0.29) is 11.9 Å². The molecule has 1 atom stereocenters. The Hall–Kier alpha value is -1.01. The Morgan fingerprint density at radius 3 is 3.06 bits per heavy atom. The van der Waals surface area contributed by atoms with Crippen molar-refractivity contribution in [3.05, 3.63) is 18.0 Å². The van der Waals surface area contributed by atoms with Crippen LogP contribution in [0.15, 0.2) is 12.4 Å². The Balaban J connectivity index is 1.68. The smallest absolute Gasteiger partial charge is 0.230 e. The number of aromatic nitrogens is 2. The maximum atomic E-state index is 11.8. The molecule has 1 fully saturated rings. The van der Waals surface area contributed by atoms with Crippen molar-refractivity contribution >= 4 is 17.7 Å². The minimum Gasteiger partial charge on any atom is -0.349 e. The van der Waals surface area contributed by atoms with Gasteiger partial charge in [0.25, 0.3) is 0 Å². The van der Waals surface area contributed by atoms with E-state index in [9.17, 15) is 4.79 Å². The lowest BCUT2D eigenvalue weighted by Crippen LogP contribution is -2.32. The Labute approximate surface area is 111 Å². The predicted molar refractivity (Wildman–Crippen MR) is 73.5 cm³/mol. The molecule has 0 radical (unpaired) electrons. The highest BCUT2D eigenvalue weighted by molar-refractivity contribution is 8.00. The number of rotatable bonds is 5. The average molecular weight is 268 g/mol. The van der Waals surface area contributed by atoms with Gasteiger partial charge in [-0.15, -0.1) is 11.8 Å². The summed E-state index contributed by atoms with van der Waals surface area (Å²) in [5.74, 6) is 0.652. The second kappa shape index (κ2) is 6.80. The van der Waals surface area contributed by atoms with Gasteiger partial charge in [0.1, 0.15) is 0 Å². The summed E-state index contributed by atoms with van der Waals surface area (Å²) < 4.78 is 0. The van der Waals surface area contributed by atoms with Gasteiger partial charge in [-0.2, -0.15) is 5.10 Å². The van der Waals surface area contributed by atoms with Crippen molar-refractivity contribution in [1.29, 1.82) is 0 Å². The maximum Gasteiger partial charge on any atom is 0.230 e. The monoisotopic (exact) mass is 268 g/mol. The van der Waals surface area contributed by atoms with Crippen LogP contribution >= 0.6 is 11.8 Å². The fourth-order valence-electron chi connectivity index (χ4n) is 2.02. The van der Waals surface area contributed by atoms with Crippen molar-refractivity contribution < 1.29 is 4.79 Å². The quantitative estimate of drug-likeness (QED) is 0.747. The average Bonchev–Trinajstić information content (AvgIpc) is 2.91. The molecule has 0 bridgehead atoms. The number of hydrogen-bond acceptors (Lipinski definition) is 4. The van der Waals surface area contributed by atoms with Crippen LogP contribution in [0.3, 0.4) is 0 Å². The van der Waals surface area contributed by atoms with E-state index in [0.717, 1.165) is 31.5 Å². The van der Waals surface area contributed by atoms with E-state index in [1.807, 2.05) is 13.1 Å². The van der Waals surface area contributed by atoms with Crippen molar-refractivity contribution in [1.82, 2.24) is 20.8 Å². The Kier molecular flexibility index (Phi) is 5.07. The van der Waals surface area contributed by atoms with Crippen LogP contribution in [0, 0.1) is 0 Å². The summed E-state index contributed by atoms with van der Waals surface area (Å²) in [6.45, 7) is 4.12. The van der Waals surface area contributed by atoms with Gasteiger partial charge in [-0.05, 0) is 32.9 Å². The van der Waals surface area contributed by atoms with Crippen molar-refractivity contribution in [2.24, 2.45) is 0 Å². The Morgan fingerprint density at radius 1 is 1.61 bits per heavy atom. The van der Waals surface area contributed by atoms with Crippen LogP contribution in [0.1, 0.15) is 31.4 Å². The molecule has 1 aromatic heterocycles. The molecule has 2 heterocycles. The summed E-state index contributed by atoms with van der Waals surface area (Å²) in [6.07, 6.45) is 5.88. The molecule has 6 heteroatoms. The third kappa shape index (κ3) is 4.03. The first-order valence-corrected chi connectivity index (χ1v) is 7.41. The van der Waals surface area contributed by atoms with Gasteiger partial charge in [0, 0.05) is 17.0 Å². The van der Waals surface area contributed by atoms with E-state index in [0.29, 0.717) is 11.0 Å². The van der Waals surface area contributed by atoms with Gasteiger partial charge in [0.2, 0.25) is 5.91 Å². The third-order valence-corrected chi connectivity index (χ3v) is 4.50. The van der Waals surface area contributed by atoms with Crippen LogP contribution < -0.4 is 10.6 Å². The van der Waals surface area contributed by atoms with Crippen LogP contribution in [0.25, 0.3) is 0 Å². The fourth-order valence-corrected chi connectivity index (χ4v) is 3.06. The number of aromatic amines is 1. The van der Waals surface area contributed by atoms with Gasteiger partial charge in [-0.3, -0.25) is 9.89 Å². The zero-order chi connectivity index (χ0) is 12.8. The topological polar surface area (TPSA) is 69.8 Å². The molecule has 1 aliphatic rings. The third-order valence-electron chi connectivity index (χ3n) is 3.13. The van der Waals surface area contributed by atoms with Crippen LogP contribution in [-0.4, -0.2) is 40.2 Å². The standard InChI is InChI=1S/C12H20N4OS/c1-9(10-6-14-15-7-10)16-12(17)8-18-11-2-4-13-5-3-11/h6-7,9,11,13H,2-5,8H2,1H3,(H,14,15)(H,16,17). The summed E-state index contributed by atoms with van der Waals surface area (Å²) in [5.41, 5.74) is 1.01. The highest BCUT2D eigenvalue weighted by Crippen LogP contribution is 2.20. The second-order valence-corrected chi connectivity index (χ2v) is 5.87. The van der Waals surface area contributed by atoms with Gasteiger partial charge in [0.15, 0.2) is 0 Å². The van der Waals surface area contributed by atoms with Crippen molar-refractivity contribution in [2.75, 3.05) is 18.8 Å². The molecule has 1 saturated heterocycles. The highest BCUT2D eigenvalue weighted by atomic mass is 32.2. The van der Waals surface area contributed by atoms with Gasteiger partial charge in [-0.25, -0.2) is 0 Å². The minimum atomic E-state index is 0.0184. The number of carbonyl (C=O) groups is 1. The maximum absolute atomic E-state index is 11.8. The van der Waals surface area contributed by atoms with E-state index in [1.54, 1.807) is 18.0 Å². The first-order chi connectivity index (χ1) is 8.75. The summed E-state index contributed by atoms with van der Waals surface area (Å²) in [4.78, 5) is 11.8. The van der Waals surface area contributed by atoms with E-state index in [1.165, 1.54) is 0 Å². The molecule has 1 aromatic rings. The first kappa shape index (κ1) is 13.4. The van der Waals surface area contributed by atoms with Crippen molar-refractivity contribution in [2.45, 2.75) is 31.1 Å². The van der Waals surface area contributed by atoms with Crippen LogP contribution in [0.2, 0.25) is 0 Å². The van der Waals surface area contributed by atoms with Gasteiger partial charge < -0.3 is 10.6 Å². The minimum absolute atomic E-state index is 0.0184. The lowest BCUT2D eigenvalue weighted by Gasteiger charge is -2.22. The number of piperidine rings is 1. The normalized spacial score (nSPS) is 18.5. The molecule has 0 aliphatic carbocycles. The number of H-pyrrole nitrogens is 1. The summed E-state index contributed by atoms with van der Waals surface area (Å²) >= 11 is 1.77. The number of hydrogen-bond donors (Lipinski definition) is 3. The molecule has 0 aromatic carbocycles. The molecule has 18 heavy (non-hydrogen) atoms. The highest BCUT2D eigenvalue weighted by Gasteiger charge is 2.16. The molecule has 5 nitrogen and oxygen atoms in total. The number of carbonyl (C=O) groups excluding carboxylic acids is 1. The molecule has 2 rings (SSSR count). The molecule has 1 unspecified atom stereocenters. The SMILES string of the molecule is CC(NC(=O)CSC1CCNCC1)c1cn[nH]c1. The van der Waals surface area contributed by atoms with Gasteiger partial charge in [-0.1, -0.05) is 0 Å². The zero-order valence-electron chi connectivity index (χ0n) is 10.6. The Bertz CT molecular complexity index is 362. The van der Waals surface area contributed by atoms with Crippen LogP contribution in [0.5, 0.6) is 0 Å². The largest absolute Gasteiger partial charge is 0.349 e. The van der Waals surface area contributed by atoms with E-state index < -0.39 is 0 Å². The fraction of sp³-hybridized carbons (Fsp3) is 0.667. The molecule has 1 amide bonds. The van der Waals surface area contributed by atoms with Crippen LogP contribution in [0.4, 0.5) is 0 Å². The second-order valence-electron chi connectivity index (χ2n) is 4.58. The van der Waals surface area contributed by atoms with Crippen molar-refractivity contribution in [3.63, 3.8) is 0 Å². The lowest BCUT2D eigenvalue weighted by atomic mass is 10.2. The number of nitrogens with one attached hydrogen (secondary N) is 3. The number of nitrogens with zero attached hydrogens (tertiary/aromatic N) is 1. The van der Waals surface area contributed by atoms with Crippen LogP contribution in [-0.2, 0) is 4.79 Å². The summed E-state index contributed by atoms with van der Waals surface area (Å²) in [7, 11) is 0. The molecule has 100 valence electrons.